The normalized spacial score (nSPS) is 18.6. The largest absolute Gasteiger partial charge is 0.321 e. The molecular formula is C9H13N3O. The maximum Gasteiger partial charge on any atom is 0.251 e. The molecule has 1 aromatic heterocycles. The quantitative estimate of drug-likeness (QED) is 0.694. The third-order valence-electron chi connectivity index (χ3n) is 2.33. The Balaban J connectivity index is 2.33. The molecule has 0 bridgehead atoms. The average molecular weight is 179 g/mol. The van der Waals surface area contributed by atoms with Crippen LogP contribution in [0.4, 0.5) is 0 Å². The van der Waals surface area contributed by atoms with Gasteiger partial charge in [-0.25, -0.2) is 4.98 Å². The summed E-state index contributed by atoms with van der Waals surface area (Å²) in [5, 5.41) is 0. The zero-order valence-corrected chi connectivity index (χ0v) is 7.58. The van der Waals surface area contributed by atoms with Gasteiger partial charge in [0.15, 0.2) is 0 Å². The minimum atomic E-state index is -0.112. The van der Waals surface area contributed by atoms with Crippen molar-refractivity contribution in [3.8, 4) is 0 Å². The number of aromatic nitrogens is 2. The summed E-state index contributed by atoms with van der Waals surface area (Å²) in [4.78, 5) is 18.0. The van der Waals surface area contributed by atoms with Crippen molar-refractivity contribution in [2.45, 2.75) is 25.8 Å². The van der Waals surface area contributed by atoms with Crippen molar-refractivity contribution in [1.82, 2.24) is 9.97 Å². The van der Waals surface area contributed by atoms with Gasteiger partial charge in [0.25, 0.3) is 5.56 Å². The van der Waals surface area contributed by atoms with E-state index in [1.807, 2.05) is 0 Å². The molecule has 0 aliphatic heterocycles. The highest BCUT2D eigenvalue weighted by atomic mass is 16.1. The highest BCUT2D eigenvalue weighted by molar-refractivity contribution is 5.06. The predicted octanol–water partition coefficient (Wildman–Crippen LogP) is 0.488. The first-order chi connectivity index (χ1) is 6.16. The van der Waals surface area contributed by atoms with E-state index < -0.39 is 0 Å². The van der Waals surface area contributed by atoms with Crippen molar-refractivity contribution in [2.75, 3.05) is 0 Å². The van der Waals surface area contributed by atoms with Gasteiger partial charge in [0.1, 0.15) is 5.82 Å². The van der Waals surface area contributed by atoms with Gasteiger partial charge >= 0.3 is 0 Å². The predicted molar refractivity (Wildman–Crippen MR) is 49.2 cm³/mol. The van der Waals surface area contributed by atoms with Gasteiger partial charge in [0, 0.05) is 11.8 Å². The number of H-pyrrole nitrogens is 1. The van der Waals surface area contributed by atoms with Crippen LogP contribution in [0.15, 0.2) is 10.9 Å². The Morgan fingerprint density at radius 2 is 2.38 bits per heavy atom. The van der Waals surface area contributed by atoms with Crippen molar-refractivity contribution in [3.63, 3.8) is 0 Å². The van der Waals surface area contributed by atoms with E-state index in [0.29, 0.717) is 11.7 Å². The molecule has 1 heterocycles. The molecule has 4 nitrogen and oxygen atoms in total. The number of nitrogens with one attached hydrogen (secondary N) is 1. The Labute approximate surface area is 76.2 Å². The summed E-state index contributed by atoms with van der Waals surface area (Å²) >= 11 is 0. The molecule has 3 N–H and O–H groups in total. The van der Waals surface area contributed by atoms with Crippen LogP contribution in [0.1, 0.15) is 30.4 Å². The van der Waals surface area contributed by atoms with Gasteiger partial charge in [0.05, 0.1) is 6.04 Å². The summed E-state index contributed by atoms with van der Waals surface area (Å²) in [5.74, 6) is 1.15. The lowest BCUT2D eigenvalue weighted by Gasteiger charge is -2.08. The zero-order valence-electron chi connectivity index (χ0n) is 7.58. The summed E-state index contributed by atoms with van der Waals surface area (Å²) < 4.78 is 0. The lowest BCUT2D eigenvalue weighted by molar-refractivity contribution is 0.588. The second kappa shape index (κ2) is 2.96. The number of nitrogens with two attached hydrogens (primary N) is 1. The van der Waals surface area contributed by atoms with E-state index in [2.05, 4.69) is 9.97 Å². The van der Waals surface area contributed by atoms with E-state index in [9.17, 15) is 4.79 Å². The Hall–Kier alpha value is -1.16. The monoisotopic (exact) mass is 179 g/mol. The highest BCUT2D eigenvalue weighted by Gasteiger charge is 2.30. The Morgan fingerprint density at radius 3 is 2.92 bits per heavy atom. The molecule has 0 radical (unpaired) electrons. The molecule has 1 fully saturated rings. The molecular weight excluding hydrogens is 166 g/mol. The smallest absolute Gasteiger partial charge is 0.251 e. The van der Waals surface area contributed by atoms with Gasteiger partial charge in [-0.15, -0.1) is 0 Å². The second-order valence-electron chi connectivity index (χ2n) is 3.64. The van der Waals surface area contributed by atoms with Crippen molar-refractivity contribution >= 4 is 0 Å². The van der Waals surface area contributed by atoms with Crippen LogP contribution >= 0.6 is 0 Å². The van der Waals surface area contributed by atoms with Crippen molar-refractivity contribution in [3.05, 3.63) is 27.9 Å². The van der Waals surface area contributed by atoms with Crippen LogP contribution in [0.3, 0.4) is 0 Å². The first kappa shape index (κ1) is 8.44. The molecule has 0 amide bonds. The fraction of sp³-hybridized carbons (Fsp3) is 0.556. The number of nitrogens with zero attached hydrogens (tertiary/aromatic N) is 1. The van der Waals surface area contributed by atoms with Gasteiger partial charge < -0.3 is 10.7 Å². The van der Waals surface area contributed by atoms with E-state index in [1.165, 1.54) is 6.07 Å². The number of rotatable bonds is 2. The van der Waals surface area contributed by atoms with Crippen molar-refractivity contribution < 1.29 is 0 Å². The third-order valence-corrected chi connectivity index (χ3v) is 2.33. The molecule has 1 unspecified atom stereocenters. The SMILES string of the molecule is Cc1cc(=O)[nH]c(C(N)C2CC2)n1. The Bertz CT molecular complexity index is 367. The summed E-state index contributed by atoms with van der Waals surface area (Å²) in [6, 6.07) is 1.39. The molecule has 70 valence electrons. The fourth-order valence-electron chi connectivity index (χ4n) is 1.44. The molecule has 4 heteroatoms. The highest BCUT2D eigenvalue weighted by Crippen LogP contribution is 2.37. The molecule has 13 heavy (non-hydrogen) atoms. The first-order valence-electron chi connectivity index (χ1n) is 4.50. The number of hydrogen-bond acceptors (Lipinski definition) is 3. The topological polar surface area (TPSA) is 71.8 Å². The van der Waals surface area contributed by atoms with E-state index in [-0.39, 0.29) is 11.6 Å². The molecule has 1 aromatic rings. The summed E-state index contributed by atoms with van der Waals surface area (Å²) in [6.07, 6.45) is 2.30. The van der Waals surface area contributed by atoms with Gasteiger partial charge in [-0.1, -0.05) is 0 Å². The van der Waals surface area contributed by atoms with Crippen LogP contribution in [-0.2, 0) is 0 Å². The van der Waals surface area contributed by atoms with E-state index in [1.54, 1.807) is 6.92 Å². The van der Waals surface area contributed by atoms with Gasteiger partial charge in [-0.3, -0.25) is 4.79 Å². The number of aryl methyl sites for hydroxylation is 1. The third kappa shape index (κ3) is 1.78. The number of aromatic amines is 1. The van der Waals surface area contributed by atoms with Gasteiger partial charge in [-0.05, 0) is 25.7 Å². The maximum atomic E-state index is 11.1. The molecule has 0 aromatic carbocycles. The van der Waals surface area contributed by atoms with Crippen LogP contribution in [0, 0.1) is 12.8 Å². The van der Waals surface area contributed by atoms with Crippen LogP contribution in [0.2, 0.25) is 0 Å². The van der Waals surface area contributed by atoms with E-state index >= 15 is 0 Å². The zero-order chi connectivity index (χ0) is 9.42. The molecule has 1 saturated carbocycles. The molecule has 1 aliphatic rings. The van der Waals surface area contributed by atoms with E-state index in [0.717, 1.165) is 18.5 Å². The van der Waals surface area contributed by atoms with Crippen LogP contribution < -0.4 is 11.3 Å². The molecule has 0 spiro atoms. The molecule has 1 aliphatic carbocycles. The second-order valence-corrected chi connectivity index (χ2v) is 3.64. The molecule has 2 rings (SSSR count). The van der Waals surface area contributed by atoms with Crippen molar-refractivity contribution in [1.29, 1.82) is 0 Å². The summed E-state index contributed by atoms with van der Waals surface area (Å²) in [5.41, 5.74) is 6.52. The van der Waals surface area contributed by atoms with E-state index in [4.69, 9.17) is 5.73 Å². The fourth-order valence-corrected chi connectivity index (χ4v) is 1.44. The maximum absolute atomic E-state index is 11.1. The summed E-state index contributed by atoms with van der Waals surface area (Å²) in [7, 11) is 0. The average Bonchev–Trinajstić information content (AvgIpc) is 2.83. The lowest BCUT2D eigenvalue weighted by Crippen LogP contribution is -2.21. The van der Waals surface area contributed by atoms with Gasteiger partial charge in [0.2, 0.25) is 0 Å². The Morgan fingerprint density at radius 1 is 1.69 bits per heavy atom. The Kier molecular flexibility index (Phi) is 1.92. The number of hydrogen-bond donors (Lipinski definition) is 2. The molecule has 1 atom stereocenters. The van der Waals surface area contributed by atoms with Crippen molar-refractivity contribution in [2.24, 2.45) is 11.7 Å². The molecule has 0 saturated heterocycles. The van der Waals surface area contributed by atoms with Crippen LogP contribution in [0.5, 0.6) is 0 Å². The minimum Gasteiger partial charge on any atom is -0.321 e. The standard InChI is InChI=1S/C9H13N3O/c1-5-4-7(13)12-9(11-5)8(10)6-2-3-6/h4,6,8H,2-3,10H2,1H3,(H,11,12,13). The first-order valence-corrected chi connectivity index (χ1v) is 4.50. The van der Waals surface area contributed by atoms with Crippen LogP contribution in [0.25, 0.3) is 0 Å². The lowest BCUT2D eigenvalue weighted by atomic mass is 10.2. The minimum absolute atomic E-state index is 0.0902. The summed E-state index contributed by atoms with van der Waals surface area (Å²) in [6.45, 7) is 1.80. The van der Waals surface area contributed by atoms with Gasteiger partial charge in [-0.2, -0.15) is 0 Å². The van der Waals surface area contributed by atoms with Crippen LogP contribution in [-0.4, -0.2) is 9.97 Å².